The Morgan fingerprint density at radius 1 is 1.28 bits per heavy atom. The Kier molecular flexibility index (Phi) is 4.50. The molecule has 1 aromatic carbocycles. The molecule has 0 spiro atoms. The van der Waals surface area contributed by atoms with Crippen LogP contribution in [0.15, 0.2) is 30.5 Å². The monoisotopic (exact) mass is 360 g/mol. The van der Waals surface area contributed by atoms with Crippen LogP contribution in [0.25, 0.3) is 10.9 Å². The molecule has 0 bridgehead atoms. The molecule has 1 saturated carbocycles. The lowest BCUT2D eigenvalue weighted by Crippen LogP contribution is -2.54. The number of piperidine rings is 1. The maximum absolute atomic E-state index is 12.7. The van der Waals surface area contributed by atoms with Gasteiger partial charge in [0.15, 0.2) is 0 Å². The van der Waals surface area contributed by atoms with Crippen molar-refractivity contribution in [1.82, 2.24) is 9.47 Å². The van der Waals surface area contributed by atoms with E-state index in [1.54, 1.807) is 0 Å². The largest absolute Gasteiger partial charge is 0.389 e. The van der Waals surface area contributed by atoms with Crippen LogP contribution in [0.4, 0.5) is 0 Å². The van der Waals surface area contributed by atoms with Gasteiger partial charge >= 0.3 is 0 Å². The number of rotatable bonds is 3. The average Bonchev–Trinajstić information content (AvgIpc) is 3.01. The zero-order chi connectivity index (χ0) is 17.4. The van der Waals surface area contributed by atoms with E-state index in [0.29, 0.717) is 31.1 Å². The number of halogens is 1. The SMILES string of the molecule is O=C(CCn1ccc2ccc(Cl)cc21)N1CC[C@]2(O)CCCC[C@H]2C1. The van der Waals surface area contributed by atoms with Crippen molar-refractivity contribution < 1.29 is 9.90 Å². The number of likely N-dealkylation sites (tertiary alicyclic amines) is 1. The maximum Gasteiger partial charge on any atom is 0.224 e. The normalized spacial score (nSPS) is 26.6. The van der Waals surface area contributed by atoms with Gasteiger partial charge < -0.3 is 14.6 Å². The zero-order valence-corrected chi connectivity index (χ0v) is 15.2. The summed E-state index contributed by atoms with van der Waals surface area (Å²) in [4.78, 5) is 14.6. The minimum absolute atomic E-state index is 0.191. The summed E-state index contributed by atoms with van der Waals surface area (Å²) in [7, 11) is 0. The number of nitrogens with zero attached hydrogens (tertiary/aromatic N) is 2. The molecule has 2 aromatic rings. The molecule has 1 amide bonds. The first-order valence-electron chi connectivity index (χ1n) is 9.30. The molecule has 134 valence electrons. The van der Waals surface area contributed by atoms with E-state index in [1.165, 1.54) is 6.42 Å². The lowest BCUT2D eigenvalue weighted by Gasteiger charge is -2.47. The van der Waals surface area contributed by atoms with Gasteiger partial charge in [-0.2, -0.15) is 0 Å². The molecule has 1 aliphatic carbocycles. The van der Waals surface area contributed by atoms with Crippen LogP contribution in [0.5, 0.6) is 0 Å². The molecule has 2 aliphatic rings. The highest BCUT2D eigenvalue weighted by atomic mass is 35.5. The Labute approximate surface area is 153 Å². The fourth-order valence-electron chi connectivity index (χ4n) is 4.52. The molecule has 0 unspecified atom stereocenters. The lowest BCUT2D eigenvalue weighted by molar-refractivity contribution is -0.143. The van der Waals surface area contributed by atoms with Gasteiger partial charge in [-0.1, -0.05) is 30.5 Å². The average molecular weight is 361 g/mol. The standard InChI is InChI=1S/C20H25ClN2O2/c21-17-5-4-15-6-10-22(18(15)13-17)11-7-19(24)23-12-9-20(25)8-2-1-3-16(20)14-23/h4-6,10,13,16,25H,1-3,7-9,11-12,14H2/t16-,20+/m0/s1. The summed E-state index contributed by atoms with van der Waals surface area (Å²) in [6, 6.07) is 7.90. The number of amides is 1. The molecule has 2 heterocycles. The Morgan fingerprint density at radius 2 is 2.16 bits per heavy atom. The summed E-state index contributed by atoms with van der Waals surface area (Å²) in [5.74, 6) is 0.446. The molecule has 1 aromatic heterocycles. The third-order valence-corrected chi connectivity index (χ3v) is 6.32. The molecular formula is C20H25ClN2O2. The minimum atomic E-state index is -0.525. The van der Waals surface area contributed by atoms with Crippen molar-refractivity contribution in [2.45, 2.75) is 50.7 Å². The number of aromatic nitrogens is 1. The molecule has 5 heteroatoms. The van der Waals surface area contributed by atoms with Gasteiger partial charge in [-0.15, -0.1) is 0 Å². The van der Waals surface area contributed by atoms with Crippen molar-refractivity contribution in [2.24, 2.45) is 5.92 Å². The summed E-state index contributed by atoms with van der Waals surface area (Å²) in [5, 5.41) is 12.6. The molecule has 2 atom stereocenters. The molecule has 2 fully saturated rings. The van der Waals surface area contributed by atoms with Crippen molar-refractivity contribution in [3.63, 3.8) is 0 Å². The van der Waals surface area contributed by atoms with Gasteiger partial charge in [0.2, 0.25) is 5.91 Å². The quantitative estimate of drug-likeness (QED) is 0.903. The first-order chi connectivity index (χ1) is 12.0. The van der Waals surface area contributed by atoms with Gasteiger partial charge in [-0.3, -0.25) is 4.79 Å². The molecule has 1 aliphatic heterocycles. The van der Waals surface area contributed by atoms with Crippen LogP contribution in [-0.2, 0) is 11.3 Å². The van der Waals surface area contributed by atoms with Crippen molar-refractivity contribution in [3.05, 3.63) is 35.5 Å². The molecular weight excluding hydrogens is 336 g/mol. The molecule has 4 nitrogen and oxygen atoms in total. The zero-order valence-electron chi connectivity index (χ0n) is 14.5. The van der Waals surface area contributed by atoms with E-state index in [4.69, 9.17) is 11.6 Å². The van der Waals surface area contributed by atoms with Crippen LogP contribution in [-0.4, -0.2) is 39.2 Å². The highest BCUT2D eigenvalue weighted by Crippen LogP contribution is 2.39. The van der Waals surface area contributed by atoms with E-state index >= 15 is 0 Å². The van der Waals surface area contributed by atoms with Gasteiger partial charge in [0, 0.05) is 48.7 Å². The number of aryl methyl sites for hydroxylation is 1. The number of carbonyl (C=O) groups is 1. The number of fused-ring (bicyclic) bond motifs is 2. The highest BCUT2D eigenvalue weighted by molar-refractivity contribution is 6.31. The number of aliphatic hydroxyl groups is 1. The predicted molar refractivity (Wildman–Crippen MR) is 99.7 cm³/mol. The smallest absolute Gasteiger partial charge is 0.224 e. The van der Waals surface area contributed by atoms with Crippen LogP contribution in [0.2, 0.25) is 5.02 Å². The van der Waals surface area contributed by atoms with E-state index in [9.17, 15) is 9.90 Å². The van der Waals surface area contributed by atoms with Crippen molar-refractivity contribution in [2.75, 3.05) is 13.1 Å². The van der Waals surface area contributed by atoms with Gasteiger partial charge in [0.25, 0.3) is 0 Å². The van der Waals surface area contributed by atoms with Crippen molar-refractivity contribution >= 4 is 28.4 Å². The van der Waals surface area contributed by atoms with Crippen LogP contribution < -0.4 is 0 Å². The van der Waals surface area contributed by atoms with Gasteiger partial charge in [-0.05, 0) is 42.8 Å². The van der Waals surface area contributed by atoms with Crippen LogP contribution in [0, 0.1) is 5.92 Å². The van der Waals surface area contributed by atoms with Gasteiger partial charge in [0.05, 0.1) is 5.60 Å². The second-order valence-electron chi connectivity index (χ2n) is 7.60. The molecule has 1 N–H and O–H groups in total. The number of hydrogen-bond acceptors (Lipinski definition) is 2. The second kappa shape index (κ2) is 6.65. The third kappa shape index (κ3) is 3.30. The third-order valence-electron chi connectivity index (χ3n) is 6.08. The Balaban J connectivity index is 1.40. The Morgan fingerprint density at radius 3 is 3.04 bits per heavy atom. The highest BCUT2D eigenvalue weighted by Gasteiger charge is 2.43. The summed E-state index contributed by atoms with van der Waals surface area (Å²) in [6.45, 7) is 2.06. The summed E-state index contributed by atoms with van der Waals surface area (Å²) in [6.07, 6.45) is 7.46. The van der Waals surface area contributed by atoms with E-state index in [0.717, 1.165) is 36.6 Å². The Bertz CT molecular complexity index is 787. The number of benzene rings is 1. The second-order valence-corrected chi connectivity index (χ2v) is 8.03. The minimum Gasteiger partial charge on any atom is -0.389 e. The summed E-state index contributed by atoms with van der Waals surface area (Å²) >= 11 is 6.10. The molecule has 4 rings (SSSR count). The fraction of sp³-hybridized carbons (Fsp3) is 0.550. The van der Waals surface area contributed by atoms with E-state index < -0.39 is 5.60 Å². The van der Waals surface area contributed by atoms with E-state index in [1.807, 2.05) is 29.3 Å². The number of carbonyl (C=O) groups excluding carboxylic acids is 1. The predicted octanol–water partition coefficient (Wildman–Crippen LogP) is 3.84. The van der Waals surface area contributed by atoms with Crippen LogP contribution in [0.3, 0.4) is 0 Å². The first kappa shape index (κ1) is 16.9. The first-order valence-corrected chi connectivity index (χ1v) is 9.67. The van der Waals surface area contributed by atoms with E-state index in [-0.39, 0.29) is 11.8 Å². The molecule has 0 radical (unpaired) electrons. The van der Waals surface area contributed by atoms with Crippen molar-refractivity contribution in [1.29, 1.82) is 0 Å². The summed E-state index contributed by atoms with van der Waals surface area (Å²) < 4.78 is 2.10. The lowest BCUT2D eigenvalue weighted by atomic mass is 9.71. The van der Waals surface area contributed by atoms with Crippen LogP contribution >= 0.6 is 11.6 Å². The van der Waals surface area contributed by atoms with Crippen LogP contribution in [0.1, 0.15) is 38.5 Å². The van der Waals surface area contributed by atoms with Gasteiger partial charge in [-0.25, -0.2) is 0 Å². The topological polar surface area (TPSA) is 45.5 Å². The summed E-state index contributed by atoms with van der Waals surface area (Å²) in [5.41, 5.74) is 0.545. The van der Waals surface area contributed by atoms with Crippen molar-refractivity contribution in [3.8, 4) is 0 Å². The van der Waals surface area contributed by atoms with Gasteiger partial charge in [0.1, 0.15) is 0 Å². The molecule has 1 saturated heterocycles. The van der Waals surface area contributed by atoms with E-state index in [2.05, 4.69) is 10.6 Å². The maximum atomic E-state index is 12.7. The number of hydrogen-bond donors (Lipinski definition) is 1. The fourth-order valence-corrected chi connectivity index (χ4v) is 4.69. The Hall–Kier alpha value is -1.52. The molecule has 25 heavy (non-hydrogen) atoms.